The third-order valence-electron chi connectivity index (χ3n) is 4.30. The Hall–Kier alpha value is -2.24. The van der Waals surface area contributed by atoms with Crippen molar-refractivity contribution >= 4 is 17.5 Å². The summed E-state index contributed by atoms with van der Waals surface area (Å²) in [5.41, 5.74) is 2.09. The number of carbonyl (C=O) groups excluding carboxylic acids is 1. The molecule has 0 saturated carbocycles. The highest BCUT2D eigenvalue weighted by Gasteiger charge is 2.17. The molecule has 0 fully saturated rings. The van der Waals surface area contributed by atoms with Gasteiger partial charge in [-0.25, -0.2) is 0 Å². The number of rotatable bonds is 7. The van der Waals surface area contributed by atoms with Gasteiger partial charge in [0.15, 0.2) is 11.5 Å². The molecular formula is C20H23ClN2O3. The Morgan fingerprint density at radius 3 is 2.58 bits per heavy atom. The molecule has 1 aliphatic rings. The van der Waals surface area contributed by atoms with Crippen molar-refractivity contribution in [2.75, 3.05) is 13.3 Å². The maximum absolute atomic E-state index is 12.2. The second-order valence-electron chi connectivity index (χ2n) is 6.62. The summed E-state index contributed by atoms with van der Waals surface area (Å²) >= 11 is 5.96. The normalized spacial score (nSPS) is 13.7. The van der Waals surface area contributed by atoms with Crippen LogP contribution in [0.1, 0.15) is 31.0 Å². The Morgan fingerprint density at radius 1 is 1.12 bits per heavy atom. The average Bonchev–Trinajstić information content (AvgIpc) is 3.09. The molecule has 0 bridgehead atoms. The lowest BCUT2D eigenvalue weighted by Gasteiger charge is -2.23. The lowest BCUT2D eigenvalue weighted by molar-refractivity contribution is -0.120. The van der Waals surface area contributed by atoms with Crippen molar-refractivity contribution in [3.05, 3.63) is 58.6 Å². The van der Waals surface area contributed by atoms with Gasteiger partial charge in [-0.2, -0.15) is 0 Å². The second kappa shape index (κ2) is 8.43. The van der Waals surface area contributed by atoms with Crippen molar-refractivity contribution in [2.24, 2.45) is 5.92 Å². The number of nitrogens with one attached hydrogen (secondary N) is 2. The van der Waals surface area contributed by atoms with Crippen molar-refractivity contribution in [3.63, 3.8) is 0 Å². The molecule has 0 radical (unpaired) electrons. The summed E-state index contributed by atoms with van der Waals surface area (Å²) in [6.07, 6.45) is 0. The van der Waals surface area contributed by atoms with Crippen LogP contribution in [0, 0.1) is 5.92 Å². The number of fused-ring (bicyclic) bond motifs is 1. The highest BCUT2D eigenvalue weighted by atomic mass is 35.5. The summed E-state index contributed by atoms with van der Waals surface area (Å²) < 4.78 is 10.6. The first-order chi connectivity index (χ1) is 12.5. The Bertz CT molecular complexity index is 762. The number of ether oxygens (including phenoxy) is 2. The Morgan fingerprint density at radius 2 is 1.85 bits per heavy atom. The minimum absolute atomic E-state index is 0.0534. The zero-order valence-corrected chi connectivity index (χ0v) is 15.7. The first-order valence-electron chi connectivity index (χ1n) is 8.67. The van der Waals surface area contributed by atoms with E-state index in [0.29, 0.717) is 17.5 Å². The third-order valence-corrected chi connectivity index (χ3v) is 4.56. The zero-order chi connectivity index (χ0) is 18.5. The molecule has 1 heterocycles. The van der Waals surface area contributed by atoms with Gasteiger partial charge in [-0.05, 0) is 41.3 Å². The van der Waals surface area contributed by atoms with Crippen LogP contribution in [-0.2, 0) is 11.3 Å². The molecule has 3 rings (SSSR count). The zero-order valence-electron chi connectivity index (χ0n) is 14.9. The first kappa shape index (κ1) is 18.5. The van der Waals surface area contributed by atoms with Crippen molar-refractivity contribution in [3.8, 4) is 11.5 Å². The summed E-state index contributed by atoms with van der Waals surface area (Å²) in [4.78, 5) is 12.2. The van der Waals surface area contributed by atoms with E-state index in [1.165, 1.54) is 0 Å². The van der Waals surface area contributed by atoms with E-state index in [-0.39, 0.29) is 25.3 Å². The van der Waals surface area contributed by atoms with Gasteiger partial charge in [0.05, 0.1) is 6.54 Å². The Labute approximate surface area is 158 Å². The molecule has 2 aromatic carbocycles. The van der Waals surface area contributed by atoms with Crippen LogP contribution in [-0.4, -0.2) is 19.2 Å². The van der Waals surface area contributed by atoms with Crippen LogP contribution in [0.3, 0.4) is 0 Å². The molecule has 1 aliphatic heterocycles. The maximum Gasteiger partial charge on any atom is 0.234 e. The Kier molecular flexibility index (Phi) is 6.01. The fourth-order valence-corrected chi connectivity index (χ4v) is 3.05. The topological polar surface area (TPSA) is 59.6 Å². The molecule has 2 N–H and O–H groups in total. The quantitative estimate of drug-likeness (QED) is 0.776. The first-order valence-corrected chi connectivity index (χ1v) is 9.05. The van der Waals surface area contributed by atoms with Gasteiger partial charge in [0, 0.05) is 17.6 Å². The smallest absolute Gasteiger partial charge is 0.234 e. The number of carbonyl (C=O) groups is 1. The molecule has 2 aromatic rings. The fourth-order valence-electron chi connectivity index (χ4n) is 2.93. The van der Waals surface area contributed by atoms with Gasteiger partial charge in [-0.1, -0.05) is 43.6 Å². The van der Waals surface area contributed by atoms with Gasteiger partial charge >= 0.3 is 0 Å². The third kappa shape index (κ3) is 4.68. The van der Waals surface area contributed by atoms with Crippen molar-refractivity contribution in [2.45, 2.75) is 26.4 Å². The van der Waals surface area contributed by atoms with Gasteiger partial charge < -0.3 is 20.1 Å². The molecule has 0 aliphatic carbocycles. The maximum atomic E-state index is 12.2. The van der Waals surface area contributed by atoms with E-state index in [1.807, 2.05) is 42.5 Å². The predicted molar refractivity (Wildman–Crippen MR) is 101 cm³/mol. The van der Waals surface area contributed by atoms with Crippen molar-refractivity contribution in [1.82, 2.24) is 10.6 Å². The van der Waals surface area contributed by atoms with E-state index in [9.17, 15) is 4.79 Å². The van der Waals surface area contributed by atoms with Crippen LogP contribution in [0.15, 0.2) is 42.5 Å². The van der Waals surface area contributed by atoms with E-state index < -0.39 is 0 Å². The summed E-state index contributed by atoms with van der Waals surface area (Å²) in [6, 6.07) is 13.5. The number of benzene rings is 2. The lowest BCUT2D eigenvalue weighted by atomic mass is 9.96. The molecular weight excluding hydrogens is 352 g/mol. The van der Waals surface area contributed by atoms with Gasteiger partial charge in [0.1, 0.15) is 0 Å². The highest BCUT2D eigenvalue weighted by molar-refractivity contribution is 6.30. The van der Waals surface area contributed by atoms with Gasteiger partial charge in [0.25, 0.3) is 0 Å². The van der Waals surface area contributed by atoms with Crippen molar-refractivity contribution in [1.29, 1.82) is 0 Å². The van der Waals surface area contributed by atoms with Gasteiger partial charge in [-0.3, -0.25) is 4.79 Å². The largest absolute Gasteiger partial charge is 0.454 e. The summed E-state index contributed by atoms with van der Waals surface area (Å²) in [6.45, 7) is 5.18. The molecule has 0 aromatic heterocycles. The molecule has 6 heteroatoms. The molecule has 1 unspecified atom stereocenters. The number of amides is 1. The van der Waals surface area contributed by atoms with Crippen LogP contribution in [0.5, 0.6) is 11.5 Å². The molecule has 138 valence electrons. The van der Waals surface area contributed by atoms with Gasteiger partial charge in [-0.15, -0.1) is 0 Å². The van der Waals surface area contributed by atoms with E-state index in [4.69, 9.17) is 21.1 Å². The van der Waals surface area contributed by atoms with Crippen molar-refractivity contribution < 1.29 is 14.3 Å². The number of hydrogen-bond acceptors (Lipinski definition) is 4. The molecule has 1 amide bonds. The minimum Gasteiger partial charge on any atom is -0.454 e. The van der Waals surface area contributed by atoms with Crippen LogP contribution in [0.4, 0.5) is 0 Å². The van der Waals surface area contributed by atoms with E-state index in [2.05, 4.69) is 24.5 Å². The van der Waals surface area contributed by atoms with E-state index >= 15 is 0 Å². The molecule has 1 atom stereocenters. The fraction of sp³-hybridized carbons (Fsp3) is 0.350. The van der Waals surface area contributed by atoms with Crippen LogP contribution < -0.4 is 20.1 Å². The van der Waals surface area contributed by atoms with E-state index in [0.717, 1.165) is 22.6 Å². The van der Waals surface area contributed by atoms with Crippen LogP contribution in [0.25, 0.3) is 0 Å². The number of hydrogen-bond donors (Lipinski definition) is 2. The monoisotopic (exact) mass is 374 g/mol. The SMILES string of the molecule is CC(C)C(NCC(=O)NCc1ccc2c(c1)OCO2)c1ccc(Cl)cc1. The summed E-state index contributed by atoms with van der Waals surface area (Å²) in [7, 11) is 0. The lowest BCUT2D eigenvalue weighted by Crippen LogP contribution is -2.37. The second-order valence-corrected chi connectivity index (χ2v) is 7.05. The molecule has 26 heavy (non-hydrogen) atoms. The minimum atomic E-state index is -0.0534. The molecule has 0 spiro atoms. The molecule has 5 nitrogen and oxygen atoms in total. The summed E-state index contributed by atoms with van der Waals surface area (Å²) in [5, 5.41) is 6.97. The molecule has 0 saturated heterocycles. The van der Waals surface area contributed by atoms with E-state index in [1.54, 1.807) is 0 Å². The average molecular weight is 375 g/mol. The van der Waals surface area contributed by atoms with Gasteiger partial charge in [0.2, 0.25) is 12.7 Å². The Balaban J connectivity index is 1.51. The summed E-state index contributed by atoms with van der Waals surface area (Å²) in [5.74, 6) is 1.75. The highest BCUT2D eigenvalue weighted by Crippen LogP contribution is 2.32. The predicted octanol–water partition coefficient (Wildman–Crippen LogP) is 3.67. The van der Waals surface area contributed by atoms with Crippen LogP contribution >= 0.6 is 11.6 Å². The standard InChI is InChI=1S/C20H23ClN2O3/c1-13(2)20(15-4-6-16(21)7-5-15)23-11-19(24)22-10-14-3-8-17-18(9-14)26-12-25-17/h3-9,13,20,23H,10-12H2,1-2H3,(H,22,24). The number of halogens is 1. The van der Waals surface area contributed by atoms with Crippen LogP contribution in [0.2, 0.25) is 5.02 Å².